The summed E-state index contributed by atoms with van der Waals surface area (Å²) in [6, 6.07) is 18.0. The molecule has 0 spiro atoms. The van der Waals surface area contributed by atoms with Crippen LogP contribution < -0.4 is 10.6 Å². The summed E-state index contributed by atoms with van der Waals surface area (Å²) in [6.45, 7) is 9.89. The van der Waals surface area contributed by atoms with Crippen molar-refractivity contribution in [2.24, 2.45) is 5.92 Å². The number of carbonyl (C=O) groups is 3. The molecule has 1 aliphatic rings. The number of carbonyl (C=O) groups excluding carboxylic acids is 2. The van der Waals surface area contributed by atoms with Crippen molar-refractivity contribution in [1.29, 1.82) is 0 Å². The number of nitrogens with one attached hydrogen (secondary N) is 2. The Balaban J connectivity index is 1.21. The Kier molecular flexibility index (Phi) is 12.8. The van der Waals surface area contributed by atoms with Crippen molar-refractivity contribution in [3.05, 3.63) is 93.9 Å². The van der Waals surface area contributed by atoms with E-state index in [-0.39, 0.29) is 17.7 Å². The Hall–Kier alpha value is -4.37. The van der Waals surface area contributed by atoms with E-state index in [1.54, 1.807) is 6.07 Å². The van der Waals surface area contributed by atoms with Crippen LogP contribution in [0.2, 0.25) is 0 Å². The highest BCUT2D eigenvalue weighted by molar-refractivity contribution is 7.14. The summed E-state index contributed by atoms with van der Waals surface area (Å²) < 4.78 is 0. The minimum Gasteiger partial charge on any atom is -0.480 e. The first-order valence-corrected chi connectivity index (χ1v) is 19.2. The average molecular weight is 709 g/mol. The molecule has 0 radical (unpaired) electrons. The molecule has 51 heavy (non-hydrogen) atoms. The number of carboxylic acids is 1. The Bertz CT molecular complexity index is 1750. The van der Waals surface area contributed by atoms with Crippen molar-refractivity contribution in [2.75, 3.05) is 0 Å². The van der Waals surface area contributed by atoms with Crippen LogP contribution in [0, 0.1) is 5.92 Å². The van der Waals surface area contributed by atoms with E-state index in [2.05, 4.69) is 72.6 Å². The van der Waals surface area contributed by atoms with Gasteiger partial charge in [0, 0.05) is 34.8 Å². The largest absolute Gasteiger partial charge is 0.480 e. The number of aliphatic carboxylic acids is 1. The number of hydrogen-bond donors (Lipinski definition) is 3. The molecule has 2 heterocycles. The lowest BCUT2D eigenvalue weighted by Crippen LogP contribution is -2.51. The second-order valence-corrected chi connectivity index (χ2v) is 16.1. The second kappa shape index (κ2) is 17.2. The van der Waals surface area contributed by atoms with E-state index in [0.29, 0.717) is 16.6 Å². The zero-order chi connectivity index (χ0) is 36.5. The minimum absolute atomic E-state index is 0.111. The molecule has 5 rings (SSSR count). The summed E-state index contributed by atoms with van der Waals surface area (Å²) in [4.78, 5) is 48.7. The van der Waals surface area contributed by atoms with Crippen LogP contribution in [-0.4, -0.2) is 44.9 Å². The van der Waals surface area contributed by atoms with E-state index in [9.17, 15) is 19.5 Å². The van der Waals surface area contributed by atoms with Gasteiger partial charge in [-0.15, -0.1) is 11.3 Å². The van der Waals surface area contributed by atoms with Crippen molar-refractivity contribution in [3.8, 4) is 22.5 Å². The van der Waals surface area contributed by atoms with Gasteiger partial charge in [0.2, 0.25) is 5.91 Å². The third-order valence-corrected chi connectivity index (χ3v) is 11.5. The fourth-order valence-electron chi connectivity index (χ4n) is 6.74. The summed E-state index contributed by atoms with van der Waals surface area (Å²) in [5.41, 5.74) is 4.99. The zero-order valence-corrected chi connectivity index (χ0v) is 31.4. The molecule has 1 aliphatic carbocycles. The number of rotatable bonds is 14. The average Bonchev–Trinajstić information content (AvgIpc) is 3.64. The van der Waals surface area contributed by atoms with Crippen molar-refractivity contribution in [1.82, 2.24) is 20.6 Å². The molecule has 2 atom stereocenters. The molecule has 0 bridgehead atoms. The quantitative estimate of drug-likeness (QED) is 0.113. The second-order valence-electron chi connectivity index (χ2n) is 15.0. The van der Waals surface area contributed by atoms with Gasteiger partial charge in [-0.2, -0.15) is 0 Å². The van der Waals surface area contributed by atoms with E-state index in [1.807, 2.05) is 42.7 Å². The highest BCUT2D eigenvalue weighted by atomic mass is 32.1. The topological polar surface area (TPSA) is 121 Å². The molecule has 9 heteroatoms. The van der Waals surface area contributed by atoms with Crippen LogP contribution in [0.3, 0.4) is 0 Å². The molecule has 2 aromatic heterocycles. The number of aromatic nitrogens is 2. The molecule has 2 amide bonds. The predicted octanol–water partition coefficient (Wildman–Crippen LogP) is 8.95. The first-order chi connectivity index (χ1) is 24.4. The molecule has 0 unspecified atom stereocenters. The number of carboxylic acid groups (broad SMARTS) is 1. The summed E-state index contributed by atoms with van der Waals surface area (Å²) in [5.74, 6) is 0.0521. The fourth-order valence-corrected chi connectivity index (χ4v) is 7.71. The Morgan fingerprint density at radius 1 is 0.843 bits per heavy atom. The molecule has 2 aromatic carbocycles. The van der Waals surface area contributed by atoms with Crippen LogP contribution in [0.4, 0.5) is 0 Å². The lowest BCUT2D eigenvalue weighted by molar-refractivity contribution is -0.141. The van der Waals surface area contributed by atoms with Gasteiger partial charge in [-0.3, -0.25) is 14.4 Å². The predicted molar refractivity (Wildman–Crippen MR) is 205 cm³/mol. The minimum atomic E-state index is -1.15. The molecule has 0 saturated heterocycles. The Labute approximate surface area is 306 Å². The lowest BCUT2D eigenvalue weighted by atomic mass is 9.77. The van der Waals surface area contributed by atoms with E-state index < -0.39 is 24.0 Å². The summed E-state index contributed by atoms with van der Waals surface area (Å²) >= 11 is 1.38. The van der Waals surface area contributed by atoms with Crippen molar-refractivity contribution < 1.29 is 19.5 Å². The Morgan fingerprint density at radius 3 is 2.08 bits per heavy atom. The van der Waals surface area contributed by atoms with Gasteiger partial charge in [0.25, 0.3) is 5.91 Å². The van der Waals surface area contributed by atoms with Gasteiger partial charge < -0.3 is 15.7 Å². The van der Waals surface area contributed by atoms with Crippen molar-refractivity contribution in [2.45, 2.75) is 116 Å². The van der Waals surface area contributed by atoms with Gasteiger partial charge in [-0.25, -0.2) is 9.97 Å². The van der Waals surface area contributed by atoms with Gasteiger partial charge in [0.1, 0.15) is 12.1 Å². The maximum atomic E-state index is 13.2. The molecule has 0 aliphatic heterocycles. The van der Waals surface area contributed by atoms with Gasteiger partial charge in [-0.05, 0) is 78.7 Å². The normalized spacial score (nSPS) is 17.4. The van der Waals surface area contributed by atoms with Crippen molar-refractivity contribution >= 4 is 29.1 Å². The van der Waals surface area contributed by atoms with E-state index >= 15 is 0 Å². The molecular formula is C42H52N4O4S. The molecule has 1 saturated carbocycles. The van der Waals surface area contributed by atoms with Crippen molar-refractivity contribution in [3.63, 3.8) is 0 Å². The molecule has 3 N–H and O–H groups in total. The van der Waals surface area contributed by atoms with E-state index in [1.165, 1.54) is 75.2 Å². The molecule has 8 nitrogen and oxygen atoms in total. The van der Waals surface area contributed by atoms with E-state index in [0.717, 1.165) is 33.0 Å². The third-order valence-electron chi connectivity index (χ3n) is 10.0. The number of nitrogens with zero attached hydrogens (tertiary/aromatic N) is 2. The number of amides is 2. The van der Waals surface area contributed by atoms with E-state index in [4.69, 9.17) is 0 Å². The smallest absolute Gasteiger partial charge is 0.325 e. The van der Waals surface area contributed by atoms with Crippen LogP contribution in [-0.2, 0) is 21.4 Å². The monoisotopic (exact) mass is 708 g/mol. The number of unbranched alkanes of at least 4 members (excludes halogenated alkanes) is 2. The molecule has 4 aromatic rings. The standard InChI is InChI=1S/C42H52N4O4S/c1-6-7-8-9-28-10-14-30(15-11-28)31-18-20-32(21-19-31)34-25-43-38(44-26-34)33-16-12-29(13-17-33)24-35(39(47)45-27(2)41(49)50)46-40(48)36-22-23-37(51-36)42(3,4)5/h12-13,16-23,25-28,30,35H,6-11,14-15,24H2,1-5H3,(H,45,47)(H,46,48)(H,49,50)/t27-,28-,30-,35+/m1/s1. The van der Waals surface area contributed by atoms with Crippen LogP contribution in [0.15, 0.2) is 73.1 Å². The summed E-state index contributed by atoms with van der Waals surface area (Å²) in [5, 5.41) is 14.7. The third kappa shape index (κ3) is 10.3. The summed E-state index contributed by atoms with van der Waals surface area (Å²) in [6.07, 6.45) is 14.6. The molecule has 270 valence electrons. The Morgan fingerprint density at radius 2 is 1.49 bits per heavy atom. The number of hydrogen-bond acceptors (Lipinski definition) is 6. The SMILES string of the molecule is CCCCC[C@H]1CC[C@H](c2ccc(-c3cnc(-c4ccc(C[C@H](NC(=O)c5ccc(C(C)(C)C)s5)C(=O)N[C@H](C)C(=O)O)cc4)nc3)cc2)CC1. The van der Waals surface area contributed by atoms with Gasteiger partial charge >= 0.3 is 5.97 Å². The number of thiophene rings is 1. The lowest BCUT2D eigenvalue weighted by Gasteiger charge is -2.29. The van der Waals surface area contributed by atoms with Crippen LogP contribution in [0.5, 0.6) is 0 Å². The van der Waals surface area contributed by atoms with Crippen LogP contribution >= 0.6 is 11.3 Å². The highest BCUT2D eigenvalue weighted by Crippen LogP contribution is 2.38. The summed E-state index contributed by atoms with van der Waals surface area (Å²) in [7, 11) is 0. The fraction of sp³-hybridized carbons (Fsp3) is 0.452. The first-order valence-electron chi connectivity index (χ1n) is 18.4. The van der Waals surface area contributed by atoms with Crippen LogP contribution in [0.25, 0.3) is 22.5 Å². The zero-order valence-electron chi connectivity index (χ0n) is 30.6. The first kappa shape index (κ1) is 37.9. The van der Waals surface area contributed by atoms with Crippen LogP contribution in [0.1, 0.15) is 118 Å². The highest BCUT2D eigenvalue weighted by Gasteiger charge is 2.27. The van der Waals surface area contributed by atoms with Gasteiger partial charge in [0.05, 0.1) is 4.88 Å². The maximum Gasteiger partial charge on any atom is 0.325 e. The molecule has 1 fully saturated rings. The maximum absolute atomic E-state index is 13.2. The molecular weight excluding hydrogens is 657 g/mol. The van der Waals surface area contributed by atoms with Gasteiger partial charge in [-0.1, -0.05) is 102 Å². The van der Waals surface area contributed by atoms with Gasteiger partial charge in [0.15, 0.2) is 5.82 Å². The number of benzene rings is 2.